The summed E-state index contributed by atoms with van der Waals surface area (Å²) in [5, 5.41) is 0. The summed E-state index contributed by atoms with van der Waals surface area (Å²) < 4.78 is 0. The first-order chi connectivity index (χ1) is 18.5. The third-order valence-electron chi connectivity index (χ3n) is 7.23. The van der Waals surface area contributed by atoms with Crippen LogP contribution in [0.4, 0.5) is 34.1 Å². The van der Waals surface area contributed by atoms with Crippen LogP contribution in [0.1, 0.15) is 42.9 Å². The third-order valence-corrected chi connectivity index (χ3v) is 7.23. The van der Waals surface area contributed by atoms with E-state index in [1.807, 2.05) is 0 Å². The summed E-state index contributed by atoms with van der Waals surface area (Å²) in [4.78, 5) is 4.66. The van der Waals surface area contributed by atoms with Gasteiger partial charge in [0.15, 0.2) is 0 Å². The highest BCUT2D eigenvalue weighted by atomic mass is 15.2. The molecule has 38 heavy (non-hydrogen) atoms. The largest absolute Gasteiger partial charge is 0.310 e. The highest BCUT2D eigenvalue weighted by molar-refractivity contribution is 5.81. The van der Waals surface area contributed by atoms with Gasteiger partial charge in [-0.05, 0) is 116 Å². The zero-order chi connectivity index (χ0) is 26.5. The molecule has 0 amide bonds. The van der Waals surface area contributed by atoms with E-state index in [0.717, 1.165) is 40.5 Å². The molecule has 0 saturated heterocycles. The van der Waals surface area contributed by atoms with Crippen molar-refractivity contribution in [2.45, 2.75) is 40.0 Å². The third kappa shape index (κ3) is 5.50. The number of aryl methyl sites for hydroxylation is 2. The smallest absolute Gasteiger partial charge is 0.0464 e. The van der Waals surface area contributed by atoms with Gasteiger partial charge < -0.3 is 9.80 Å². The molecule has 0 radical (unpaired) electrons. The highest BCUT2D eigenvalue weighted by Gasteiger charge is 2.16. The van der Waals surface area contributed by atoms with Crippen LogP contribution in [0.15, 0.2) is 127 Å². The van der Waals surface area contributed by atoms with Crippen molar-refractivity contribution in [1.29, 1.82) is 0 Å². The van der Waals surface area contributed by atoms with Crippen LogP contribution in [0.25, 0.3) is 0 Å². The lowest BCUT2D eigenvalue weighted by Gasteiger charge is -2.29. The molecule has 5 aromatic carbocycles. The quantitative estimate of drug-likeness (QED) is 0.211. The Morgan fingerprint density at radius 2 is 0.868 bits per heavy atom. The Morgan fingerprint density at radius 3 is 1.29 bits per heavy atom. The second-order valence-electron chi connectivity index (χ2n) is 10.1. The molecule has 1 atom stereocenters. The van der Waals surface area contributed by atoms with E-state index >= 15 is 0 Å². The predicted octanol–water partition coefficient (Wildman–Crippen LogP) is 10.8. The molecule has 0 heterocycles. The maximum atomic E-state index is 2.34. The van der Waals surface area contributed by atoms with Crippen LogP contribution < -0.4 is 9.80 Å². The lowest BCUT2D eigenvalue weighted by atomic mass is 9.98. The van der Waals surface area contributed by atoms with E-state index in [2.05, 4.69) is 165 Å². The normalized spacial score (nSPS) is 11.7. The van der Waals surface area contributed by atoms with E-state index in [1.54, 1.807) is 0 Å². The van der Waals surface area contributed by atoms with Crippen molar-refractivity contribution in [3.8, 4) is 0 Å². The monoisotopic (exact) mass is 496 g/mol. The summed E-state index contributed by atoms with van der Waals surface area (Å²) in [6.07, 6.45) is 1.14. The van der Waals surface area contributed by atoms with Gasteiger partial charge in [0.1, 0.15) is 0 Å². The van der Waals surface area contributed by atoms with E-state index in [9.17, 15) is 0 Å². The van der Waals surface area contributed by atoms with Gasteiger partial charge in [-0.15, -0.1) is 0 Å². The first kappa shape index (κ1) is 25.4. The maximum Gasteiger partial charge on any atom is 0.0464 e. The van der Waals surface area contributed by atoms with Crippen LogP contribution in [0, 0.1) is 13.8 Å². The van der Waals surface area contributed by atoms with Gasteiger partial charge in [0, 0.05) is 34.1 Å². The molecule has 1 unspecified atom stereocenters. The van der Waals surface area contributed by atoms with Crippen molar-refractivity contribution in [3.63, 3.8) is 0 Å². The van der Waals surface area contributed by atoms with Crippen molar-refractivity contribution < 1.29 is 0 Å². The van der Waals surface area contributed by atoms with Crippen LogP contribution in [0.5, 0.6) is 0 Å². The van der Waals surface area contributed by atoms with Gasteiger partial charge in [0.05, 0.1) is 0 Å². The topological polar surface area (TPSA) is 6.48 Å². The lowest BCUT2D eigenvalue weighted by Crippen LogP contribution is -2.12. The molecule has 0 aliphatic heterocycles. The summed E-state index contributed by atoms with van der Waals surface area (Å²) in [6.45, 7) is 8.83. The Bertz CT molecular complexity index is 1470. The van der Waals surface area contributed by atoms with E-state index in [1.165, 1.54) is 16.7 Å². The Morgan fingerprint density at radius 1 is 0.474 bits per heavy atom. The Balaban J connectivity index is 1.57. The minimum atomic E-state index is 0.557. The van der Waals surface area contributed by atoms with Gasteiger partial charge in [-0.25, -0.2) is 0 Å². The molecular weight excluding hydrogens is 460 g/mol. The Hall–Kier alpha value is -4.30. The molecule has 0 saturated carbocycles. The van der Waals surface area contributed by atoms with Crippen molar-refractivity contribution in [1.82, 2.24) is 0 Å². The number of hydrogen-bond acceptors (Lipinski definition) is 2. The molecule has 0 fully saturated rings. The predicted molar refractivity (Wildman–Crippen MR) is 164 cm³/mol. The first-order valence-corrected chi connectivity index (χ1v) is 13.5. The van der Waals surface area contributed by atoms with Crippen LogP contribution in [-0.2, 0) is 0 Å². The molecule has 0 aliphatic rings. The van der Waals surface area contributed by atoms with Gasteiger partial charge in [-0.3, -0.25) is 0 Å². The Labute approximate surface area is 227 Å². The molecule has 0 aromatic heterocycles. The second-order valence-corrected chi connectivity index (χ2v) is 10.1. The number of hydrogen-bond donors (Lipinski definition) is 0. The maximum absolute atomic E-state index is 2.34. The number of para-hydroxylation sites is 1. The fourth-order valence-electron chi connectivity index (χ4n) is 4.94. The SMILES string of the molecule is CCC(C)c1ccc(N(c2ccc(N(c3ccccc3)c3cccc(C)c3)cc2)c2cccc(C)c2)cc1. The molecule has 0 spiro atoms. The van der Waals surface area contributed by atoms with Crippen LogP contribution in [-0.4, -0.2) is 0 Å². The van der Waals surface area contributed by atoms with E-state index in [4.69, 9.17) is 0 Å². The zero-order valence-electron chi connectivity index (χ0n) is 22.8. The Kier molecular flexibility index (Phi) is 7.60. The molecule has 0 N–H and O–H groups in total. The number of anilines is 6. The van der Waals surface area contributed by atoms with Crippen molar-refractivity contribution in [3.05, 3.63) is 144 Å². The fraction of sp³-hybridized carbons (Fsp3) is 0.167. The summed E-state index contributed by atoms with van der Waals surface area (Å²) in [5.74, 6) is 0.557. The first-order valence-electron chi connectivity index (χ1n) is 13.5. The van der Waals surface area contributed by atoms with Gasteiger partial charge in [-0.1, -0.05) is 68.4 Å². The molecule has 5 aromatic rings. The van der Waals surface area contributed by atoms with Crippen molar-refractivity contribution >= 4 is 34.1 Å². The van der Waals surface area contributed by atoms with Gasteiger partial charge in [-0.2, -0.15) is 0 Å². The molecule has 190 valence electrons. The molecule has 2 heteroatoms. The molecule has 0 bridgehead atoms. The molecule has 2 nitrogen and oxygen atoms in total. The second kappa shape index (κ2) is 11.4. The molecule has 5 rings (SSSR count). The van der Waals surface area contributed by atoms with Crippen LogP contribution in [0.3, 0.4) is 0 Å². The number of benzene rings is 5. The van der Waals surface area contributed by atoms with E-state index < -0.39 is 0 Å². The summed E-state index contributed by atoms with van der Waals surface area (Å²) in [7, 11) is 0. The van der Waals surface area contributed by atoms with Gasteiger partial charge in [0.2, 0.25) is 0 Å². The minimum Gasteiger partial charge on any atom is -0.310 e. The zero-order valence-corrected chi connectivity index (χ0v) is 22.8. The van der Waals surface area contributed by atoms with Gasteiger partial charge in [0.25, 0.3) is 0 Å². The van der Waals surface area contributed by atoms with Crippen LogP contribution >= 0.6 is 0 Å². The van der Waals surface area contributed by atoms with Crippen LogP contribution in [0.2, 0.25) is 0 Å². The fourth-order valence-corrected chi connectivity index (χ4v) is 4.94. The standard InChI is InChI=1S/C36H36N2/c1-5-29(4)30-17-19-32(20-18-30)38(36-16-10-12-28(3)26-36)34-23-21-33(22-24-34)37(31-13-7-6-8-14-31)35-15-9-11-27(2)25-35/h6-26,29H,5H2,1-4H3. The lowest BCUT2D eigenvalue weighted by molar-refractivity contribution is 0.733. The minimum absolute atomic E-state index is 0.557. The van der Waals surface area contributed by atoms with E-state index in [0.29, 0.717) is 5.92 Å². The average molecular weight is 497 g/mol. The van der Waals surface area contributed by atoms with E-state index in [-0.39, 0.29) is 0 Å². The van der Waals surface area contributed by atoms with Gasteiger partial charge >= 0.3 is 0 Å². The highest BCUT2D eigenvalue weighted by Crippen LogP contribution is 2.39. The summed E-state index contributed by atoms with van der Waals surface area (Å²) >= 11 is 0. The van der Waals surface area contributed by atoms with Crippen molar-refractivity contribution in [2.24, 2.45) is 0 Å². The molecular formula is C36H36N2. The summed E-state index contributed by atoms with van der Waals surface area (Å²) in [5.41, 5.74) is 10.7. The molecule has 0 aliphatic carbocycles. The average Bonchev–Trinajstić information content (AvgIpc) is 2.95. The van der Waals surface area contributed by atoms with Crippen molar-refractivity contribution in [2.75, 3.05) is 9.80 Å². The summed E-state index contributed by atoms with van der Waals surface area (Å²) in [6, 6.07) is 45.9. The number of nitrogens with zero attached hydrogens (tertiary/aromatic N) is 2. The number of rotatable bonds is 8.